The van der Waals surface area contributed by atoms with Gasteiger partial charge in [0.2, 0.25) is 9.05 Å². The number of rotatable bonds is 5. The van der Waals surface area contributed by atoms with Crippen LogP contribution in [-0.4, -0.2) is 20.0 Å². The highest BCUT2D eigenvalue weighted by Crippen LogP contribution is 2.11. The third kappa shape index (κ3) is 4.37. The summed E-state index contributed by atoms with van der Waals surface area (Å²) >= 11 is 0. The second-order valence-corrected chi connectivity index (χ2v) is 5.14. The van der Waals surface area contributed by atoms with Crippen LogP contribution in [0.5, 0.6) is 0 Å². The maximum Gasteiger partial charge on any atom is 0.242 e. The second-order valence-electron chi connectivity index (χ2n) is 2.29. The highest BCUT2D eigenvalue weighted by Gasteiger charge is 2.20. The first kappa shape index (κ1) is 10.9. The van der Waals surface area contributed by atoms with Gasteiger partial charge in [-0.2, -0.15) is 0 Å². The van der Waals surface area contributed by atoms with Crippen LogP contribution >= 0.6 is 10.7 Å². The second kappa shape index (κ2) is 4.72. The standard InChI is InChI=1S/C6H11ClO3S/c1-2-3-4-6(5-8)11(7,9)10/h5-6H,2-4H2,1H3. The average Bonchev–Trinajstić information content (AvgIpc) is 1.87. The van der Waals surface area contributed by atoms with Crippen molar-refractivity contribution >= 4 is 26.0 Å². The van der Waals surface area contributed by atoms with Crippen molar-refractivity contribution in [2.45, 2.75) is 31.4 Å². The van der Waals surface area contributed by atoms with E-state index >= 15 is 0 Å². The predicted molar refractivity (Wildman–Crippen MR) is 44.1 cm³/mol. The number of carbonyl (C=O) groups is 1. The zero-order chi connectivity index (χ0) is 8.91. The molecule has 0 amide bonds. The number of carbonyl (C=O) groups excluding carboxylic acids is 1. The summed E-state index contributed by atoms with van der Waals surface area (Å²) in [5, 5.41) is -1.02. The van der Waals surface area contributed by atoms with Gasteiger partial charge in [0.05, 0.1) is 0 Å². The molecule has 0 N–H and O–H groups in total. The van der Waals surface area contributed by atoms with Crippen molar-refractivity contribution < 1.29 is 13.2 Å². The number of hydrogen-bond donors (Lipinski definition) is 0. The lowest BCUT2D eigenvalue weighted by Gasteiger charge is -2.03. The Bertz CT molecular complexity index is 210. The molecule has 0 heterocycles. The minimum atomic E-state index is -3.68. The van der Waals surface area contributed by atoms with Crippen LogP contribution in [0.2, 0.25) is 0 Å². The molecule has 0 aromatic heterocycles. The maximum absolute atomic E-state index is 10.6. The highest BCUT2D eigenvalue weighted by molar-refractivity contribution is 8.14. The average molecular weight is 199 g/mol. The number of hydrogen-bond acceptors (Lipinski definition) is 3. The van der Waals surface area contributed by atoms with Crippen LogP contribution in [0.1, 0.15) is 26.2 Å². The smallest absolute Gasteiger partial charge is 0.242 e. The van der Waals surface area contributed by atoms with E-state index in [1.807, 2.05) is 6.92 Å². The van der Waals surface area contributed by atoms with E-state index in [1.54, 1.807) is 0 Å². The Morgan fingerprint density at radius 1 is 1.55 bits per heavy atom. The van der Waals surface area contributed by atoms with E-state index in [0.717, 1.165) is 6.42 Å². The Balaban J connectivity index is 4.08. The lowest BCUT2D eigenvalue weighted by atomic mass is 10.2. The van der Waals surface area contributed by atoms with E-state index in [-0.39, 0.29) is 0 Å². The van der Waals surface area contributed by atoms with Crippen LogP contribution in [-0.2, 0) is 13.8 Å². The van der Waals surface area contributed by atoms with Gasteiger partial charge >= 0.3 is 0 Å². The summed E-state index contributed by atoms with van der Waals surface area (Å²) < 4.78 is 21.2. The Labute approximate surface area is 71.2 Å². The van der Waals surface area contributed by atoms with Crippen LogP contribution in [0.15, 0.2) is 0 Å². The van der Waals surface area contributed by atoms with Gasteiger partial charge in [0.25, 0.3) is 0 Å². The van der Waals surface area contributed by atoms with Gasteiger partial charge < -0.3 is 4.79 Å². The molecule has 3 nitrogen and oxygen atoms in total. The maximum atomic E-state index is 10.6. The van der Waals surface area contributed by atoms with Crippen molar-refractivity contribution in [3.63, 3.8) is 0 Å². The first-order valence-corrected chi connectivity index (χ1v) is 5.78. The quantitative estimate of drug-likeness (QED) is 0.495. The van der Waals surface area contributed by atoms with E-state index < -0.39 is 14.3 Å². The molecule has 0 saturated carbocycles. The molecular weight excluding hydrogens is 188 g/mol. The number of aldehydes is 1. The van der Waals surface area contributed by atoms with Crippen LogP contribution in [0, 0.1) is 0 Å². The van der Waals surface area contributed by atoms with Gasteiger partial charge in [0.1, 0.15) is 11.5 Å². The summed E-state index contributed by atoms with van der Waals surface area (Å²) in [6.45, 7) is 1.92. The molecule has 0 aromatic carbocycles. The first-order chi connectivity index (χ1) is 5.02. The predicted octanol–water partition coefficient (Wildman–Crippen LogP) is 1.31. The molecule has 66 valence electrons. The Morgan fingerprint density at radius 3 is 2.36 bits per heavy atom. The van der Waals surface area contributed by atoms with Gasteiger partial charge in [-0.15, -0.1) is 0 Å². The molecule has 0 aliphatic heterocycles. The zero-order valence-corrected chi connectivity index (χ0v) is 7.86. The third-order valence-corrected chi connectivity index (χ3v) is 3.11. The van der Waals surface area contributed by atoms with Crippen molar-refractivity contribution in [2.75, 3.05) is 0 Å². The molecule has 5 heteroatoms. The summed E-state index contributed by atoms with van der Waals surface area (Å²) in [5.74, 6) is 0. The van der Waals surface area contributed by atoms with Gasteiger partial charge in [-0.3, -0.25) is 0 Å². The highest BCUT2D eigenvalue weighted by atomic mass is 35.7. The minimum absolute atomic E-state index is 0.325. The minimum Gasteiger partial charge on any atom is -0.302 e. The third-order valence-electron chi connectivity index (χ3n) is 1.36. The van der Waals surface area contributed by atoms with Crippen LogP contribution in [0.4, 0.5) is 0 Å². The van der Waals surface area contributed by atoms with E-state index in [0.29, 0.717) is 19.1 Å². The largest absolute Gasteiger partial charge is 0.302 e. The summed E-state index contributed by atoms with van der Waals surface area (Å²) in [6, 6.07) is 0. The fourth-order valence-corrected chi connectivity index (χ4v) is 1.65. The van der Waals surface area contributed by atoms with Gasteiger partial charge in [-0.1, -0.05) is 19.8 Å². The molecule has 0 rings (SSSR count). The molecule has 11 heavy (non-hydrogen) atoms. The van der Waals surface area contributed by atoms with E-state index in [4.69, 9.17) is 10.7 Å². The van der Waals surface area contributed by atoms with Gasteiger partial charge in [0.15, 0.2) is 0 Å². The van der Waals surface area contributed by atoms with Crippen LogP contribution < -0.4 is 0 Å². The molecule has 0 aliphatic rings. The molecule has 0 spiro atoms. The van der Waals surface area contributed by atoms with E-state index in [1.165, 1.54) is 0 Å². The SMILES string of the molecule is CCCCC(C=O)S(=O)(=O)Cl. The van der Waals surface area contributed by atoms with Gasteiger partial charge in [-0.25, -0.2) is 8.42 Å². The molecule has 0 aliphatic carbocycles. The molecule has 0 radical (unpaired) electrons. The molecule has 1 atom stereocenters. The lowest BCUT2D eigenvalue weighted by molar-refractivity contribution is -0.107. The van der Waals surface area contributed by atoms with Gasteiger partial charge in [0, 0.05) is 10.7 Å². The van der Waals surface area contributed by atoms with Gasteiger partial charge in [-0.05, 0) is 6.42 Å². The van der Waals surface area contributed by atoms with Crippen molar-refractivity contribution in [2.24, 2.45) is 0 Å². The Morgan fingerprint density at radius 2 is 2.09 bits per heavy atom. The number of halogens is 1. The monoisotopic (exact) mass is 198 g/mol. The summed E-state index contributed by atoms with van der Waals surface area (Å²) in [5.41, 5.74) is 0. The normalized spacial score (nSPS) is 14.4. The molecule has 0 aromatic rings. The van der Waals surface area contributed by atoms with Crippen LogP contribution in [0.25, 0.3) is 0 Å². The lowest BCUT2D eigenvalue weighted by Crippen LogP contribution is -2.17. The molecule has 0 bridgehead atoms. The van der Waals surface area contributed by atoms with E-state index in [9.17, 15) is 13.2 Å². The zero-order valence-electron chi connectivity index (χ0n) is 6.29. The van der Waals surface area contributed by atoms with Crippen molar-refractivity contribution in [1.29, 1.82) is 0 Å². The molecule has 0 fully saturated rings. The molecular formula is C6H11ClO3S. The van der Waals surface area contributed by atoms with Crippen molar-refractivity contribution in [3.8, 4) is 0 Å². The Kier molecular flexibility index (Phi) is 4.68. The number of unbranched alkanes of at least 4 members (excludes halogenated alkanes) is 1. The first-order valence-electron chi connectivity index (χ1n) is 3.41. The van der Waals surface area contributed by atoms with E-state index in [2.05, 4.69) is 0 Å². The van der Waals surface area contributed by atoms with Crippen molar-refractivity contribution in [3.05, 3.63) is 0 Å². The summed E-state index contributed by atoms with van der Waals surface area (Å²) in [4.78, 5) is 10.2. The fourth-order valence-electron chi connectivity index (χ4n) is 0.680. The fraction of sp³-hybridized carbons (Fsp3) is 0.833. The molecule has 1 unspecified atom stereocenters. The summed E-state index contributed by atoms with van der Waals surface area (Å²) in [7, 11) is 1.29. The Hall–Kier alpha value is -0.0900. The van der Waals surface area contributed by atoms with Crippen LogP contribution in [0.3, 0.4) is 0 Å². The molecule has 0 saturated heterocycles. The topological polar surface area (TPSA) is 51.2 Å². The summed E-state index contributed by atoms with van der Waals surface area (Å²) in [6.07, 6.45) is 2.27. The van der Waals surface area contributed by atoms with Crippen molar-refractivity contribution in [1.82, 2.24) is 0 Å².